The van der Waals surface area contributed by atoms with E-state index in [1.54, 1.807) is 0 Å². The summed E-state index contributed by atoms with van der Waals surface area (Å²) in [6, 6.07) is 0.754. The van der Waals surface area contributed by atoms with Gasteiger partial charge in [0.25, 0.3) is 0 Å². The van der Waals surface area contributed by atoms with Gasteiger partial charge in [0.1, 0.15) is 0 Å². The van der Waals surface area contributed by atoms with E-state index in [2.05, 4.69) is 45.1 Å². The maximum absolute atomic E-state index is 3.91. The molecule has 3 unspecified atom stereocenters. The van der Waals surface area contributed by atoms with Crippen molar-refractivity contribution < 1.29 is 0 Å². The Morgan fingerprint density at radius 1 is 1.11 bits per heavy atom. The molecule has 0 bridgehead atoms. The maximum Gasteiger partial charge on any atom is 0.0330 e. The van der Waals surface area contributed by atoms with Gasteiger partial charge in [-0.1, -0.05) is 33.6 Å². The van der Waals surface area contributed by atoms with Crippen LogP contribution >= 0.6 is 0 Å². The Labute approximate surface area is 120 Å². The lowest BCUT2D eigenvalue weighted by Crippen LogP contribution is -2.55. The Kier molecular flexibility index (Phi) is 4.62. The van der Waals surface area contributed by atoms with Crippen LogP contribution in [-0.2, 0) is 0 Å². The molecule has 0 saturated heterocycles. The molecule has 112 valence electrons. The van der Waals surface area contributed by atoms with Crippen molar-refractivity contribution in [3.8, 4) is 0 Å². The van der Waals surface area contributed by atoms with Gasteiger partial charge in [-0.3, -0.25) is 0 Å². The SMILES string of the molecule is CC1CCCC(CNC2CCC(C)(C)C2)(N(C)C)C1. The summed E-state index contributed by atoms with van der Waals surface area (Å²) >= 11 is 0. The second kappa shape index (κ2) is 5.73. The highest BCUT2D eigenvalue weighted by atomic mass is 15.2. The Morgan fingerprint density at radius 3 is 2.37 bits per heavy atom. The topological polar surface area (TPSA) is 15.3 Å². The van der Waals surface area contributed by atoms with Gasteiger partial charge in [0.05, 0.1) is 0 Å². The zero-order chi connectivity index (χ0) is 14.1. The second-order valence-corrected chi connectivity index (χ2v) is 8.31. The summed E-state index contributed by atoms with van der Waals surface area (Å²) in [6.07, 6.45) is 9.66. The van der Waals surface area contributed by atoms with Gasteiger partial charge < -0.3 is 10.2 Å². The highest BCUT2D eigenvalue weighted by Crippen LogP contribution is 2.39. The van der Waals surface area contributed by atoms with Crippen LogP contribution in [0.1, 0.15) is 65.7 Å². The summed E-state index contributed by atoms with van der Waals surface area (Å²) in [5, 5.41) is 3.91. The molecule has 19 heavy (non-hydrogen) atoms. The normalized spacial score (nSPS) is 38.8. The summed E-state index contributed by atoms with van der Waals surface area (Å²) in [5.74, 6) is 0.887. The van der Waals surface area contributed by atoms with E-state index in [0.29, 0.717) is 11.0 Å². The molecule has 2 saturated carbocycles. The Bertz CT molecular complexity index is 298. The first-order valence-electron chi connectivity index (χ1n) is 8.24. The van der Waals surface area contributed by atoms with Gasteiger partial charge in [-0.2, -0.15) is 0 Å². The molecule has 1 N–H and O–H groups in total. The van der Waals surface area contributed by atoms with Crippen LogP contribution in [0.5, 0.6) is 0 Å². The van der Waals surface area contributed by atoms with Gasteiger partial charge in [0.15, 0.2) is 0 Å². The number of hydrogen-bond acceptors (Lipinski definition) is 2. The Balaban J connectivity index is 1.91. The van der Waals surface area contributed by atoms with E-state index in [0.717, 1.165) is 12.0 Å². The molecule has 2 aliphatic carbocycles. The minimum atomic E-state index is 0.407. The van der Waals surface area contributed by atoms with Crippen LogP contribution < -0.4 is 5.32 Å². The van der Waals surface area contributed by atoms with E-state index in [1.807, 2.05) is 0 Å². The van der Waals surface area contributed by atoms with E-state index in [1.165, 1.54) is 51.5 Å². The van der Waals surface area contributed by atoms with Crippen molar-refractivity contribution in [2.75, 3.05) is 20.6 Å². The molecule has 0 aromatic rings. The first-order chi connectivity index (χ1) is 8.83. The van der Waals surface area contributed by atoms with Crippen molar-refractivity contribution in [2.24, 2.45) is 11.3 Å². The summed E-state index contributed by atoms with van der Waals surface area (Å²) in [5.41, 5.74) is 0.965. The second-order valence-electron chi connectivity index (χ2n) is 8.31. The maximum atomic E-state index is 3.91. The van der Waals surface area contributed by atoms with Crippen LogP contribution in [-0.4, -0.2) is 37.1 Å². The molecular weight excluding hydrogens is 232 g/mol. The van der Waals surface area contributed by atoms with Crippen LogP contribution in [0.3, 0.4) is 0 Å². The zero-order valence-corrected chi connectivity index (χ0v) is 13.8. The number of rotatable bonds is 4. The minimum absolute atomic E-state index is 0.407. The monoisotopic (exact) mass is 266 g/mol. The number of nitrogens with one attached hydrogen (secondary N) is 1. The number of likely N-dealkylation sites (N-methyl/N-ethyl adjacent to an activating group) is 1. The van der Waals surface area contributed by atoms with E-state index in [-0.39, 0.29) is 0 Å². The average Bonchev–Trinajstić information content (AvgIpc) is 2.66. The molecule has 2 aliphatic rings. The molecule has 3 atom stereocenters. The van der Waals surface area contributed by atoms with Crippen LogP contribution in [0.4, 0.5) is 0 Å². The standard InChI is InChI=1S/C17H34N2/c1-14-7-6-9-17(11-14,19(4)5)13-18-15-8-10-16(2,3)12-15/h14-15,18H,6-13H2,1-5H3. The van der Waals surface area contributed by atoms with E-state index < -0.39 is 0 Å². The molecule has 2 rings (SSSR count). The van der Waals surface area contributed by atoms with Crippen LogP contribution in [0.2, 0.25) is 0 Å². The molecule has 0 spiro atoms. The molecule has 0 amide bonds. The summed E-state index contributed by atoms with van der Waals surface area (Å²) in [7, 11) is 4.55. The van der Waals surface area contributed by atoms with Crippen LogP contribution in [0, 0.1) is 11.3 Å². The van der Waals surface area contributed by atoms with E-state index >= 15 is 0 Å². The average molecular weight is 266 g/mol. The zero-order valence-electron chi connectivity index (χ0n) is 13.8. The Morgan fingerprint density at radius 2 is 1.84 bits per heavy atom. The predicted molar refractivity (Wildman–Crippen MR) is 83.5 cm³/mol. The van der Waals surface area contributed by atoms with Crippen molar-refractivity contribution in [1.82, 2.24) is 10.2 Å². The fraction of sp³-hybridized carbons (Fsp3) is 1.00. The lowest BCUT2D eigenvalue weighted by molar-refractivity contribution is 0.0721. The number of hydrogen-bond donors (Lipinski definition) is 1. The largest absolute Gasteiger partial charge is 0.312 e. The van der Waals surface area contributed by atoms with Gasteiger partial charge in [-0.05, 0) is 57.5 Å². The Hall–Kier alpha value is -0.0800. The van der Waals surface area contributed by atoms with Gasteiger partial charge in [-0.25, -0.2) is 0 Å². The first kappa shape index (κ1) is 15.3. The molecule has 0 heterocycles. The van der Waals surface area contributed by atoms with Crippen molar-refractivity contribution in [2.45, 2.75) is 77.3 Å². The lowest BCUT2D eigenvalue weighted by Gasteiger charge is -2.46. The highest BCUT2D eigenvalue weighted by molar-refractivity contribution is 4.96. The highest BCUT2D eigenvalue weighted by Gasteiger charge is 2.38. The van der Waals surface area contributed by atoms with Gasteiger partial charge in [0, 0.05) is 18.1 Å². The number of nitrogens with zero attached hydrogens (tertiary/aromatic N) is 1. The van der Waals surface area contributed by atoms with Gasteiger partial charge in [-0.15, -0.1) is 0 Å². The van der Waals surface area contributed by atoms with Gasteiger partial charge >= 0.3 is 0 Å². The van der Waals surface area contributed by atoms with Crippen LogP contribution in [0.25, 0.3) is 0 Å². The minimum Gasteiger partial charge on any atom is -0.312 e. The molecule has 0 radical (unpaired) electrons. The lowest BCUT2D eigenvalue weighted by atomic mass is 9.75. The summed E-state index contributed by atoms with van der Waals surface area (Å²) in [6.45, 7) is 8.44. The van der Waals surface area contributed by atoms with Crippen molar-refractivity contribution in [3.05, 3.63) is 0 Å². The fourth-order valence-corrected chi connectivity index (χ4v) is 4.30. The van der Waals surface area contributed by atoms with Gasteiger partial charge in [0.2, 0.25) is 0 Å². The van der Waals surface area contributed by atoms with Crippen molar-refractivity contribution in [1.29, 1.82) is 0 Å². The van der Waals surface area contributed by atoms with Crippen LogP contribution in [0.15, 0.2) is 0 Å². The smallest absolute Gasteiger partial charge is 0.0330 e. The third kappa shape index (κ3) is 3.72. The fourth-order valence-electron chi connectivity index (χ4n) is 4.30. The molecule has 2 fully saturated rings. The quantitative estimate of drug-likeness (QED) is 0.835. The van der Waals surface area contributed by atoms with E-state index in [4.69, 9.17) is 0 Å². The molecular formula is C17H34N2. The molecule has 0 aromatic heterocycles. The molecule has 2 heteroatoms. The summed E-state index contributed by atoms with van der Waals surface area (Å²) < 4.78 is 0. The van der Waals surface area contributed by atoms with Crippen molar-refractivity contribution >= 4 is 0 Å². The first-order valence-corrected chi connectivity index (χ1v) is 8.24. The predicted octanol–water partition coefficient (Wildman–Crippen LogP) is 3.67. The van der Waals surface area contributed by atoms with Crippen molar-refractivity contribution in [3.63, 3.8) is 0 Å². The molecule has 2 nitrogen and oxygen atoms in total. The third-order valence-electron chi connectivity index (χ3n) is 5.70. The molecule has 0 aromatic carbocycles. The van der Waals surface area contributed by atoms with E-state index in [9.17, 15) is 0 Å². The third-order valence-corrected chi connectivity index (χ3v) is 5.70. The summed E-state index contributed by atoms with van der Waals surface area (Å²) in [4.78, 5) is 2.50. The molecule has 0 aliphatic heterocycles.